The number of Topliss-reactive ketones (excluding diaryl/α,β-unsaturated/α-hetero) is 1. The molecular formula is C12H22O. The Bertz CT molecular complexity index is 168. The lowest BCUT2D eigenvalue weighted by molar-refractivity contribution is -0.115. The molecular weight excluding hydrogens is 160 g/mol. The first kappa shape index (κ1) is 12.4. The van der Waals surface area contributed by atoms with Gasteiger partial charge in [-0.2, -0.15) is 0 Å². The standard InChI is InChI=1S/C12H22O/c1-4-7-10-11(8-5-2)12(13)9-6-3/h10H,4-9H2,1-3H3/b11-10+. The second kappa shape index (κ2) is 8.03. The van der Waals surface area contributed by atoms with Crippen molar-refractivity contribution in [3.8, 4) is 0 Å². The number of hydrogen-bond donors (Lipinski definition) is 0. The monoisotopic (exact) mass is 182 g/mol. The van der Waals surface area contributed by atoms with E-state index in [-0.39, 0.29) is 0 Å². The fourth-order valence-electron chi connectivity index (χ4n) is 1.33. The Balaban J connectivity index is 4.13. The van der Waals surface area contributed by atoms with Crippen molar-refractivity contribution in [1.29, 1.82) is 0 Å². The minimum absolute atomic E-state index is 0.359. The first-order valence-corrected chi connectivity index (χ1v) is 5.48. The normalized spacial score (nSPS) is 11.8. The first-order valence-electron chi connectivity index (χ1n) is 5.48. The van der Waals surface area contributed by atoms with E-state index < -0.39 is 0 Å². The molecule has 0 spiro atoms. The van der Waals surface area contributed by atoms with Gasteiger partial charge in [0.05, 0.1) is 0 Å². The van der Waals surface area contributed by atoms with Crippen LogP contribution in [0.5, 0.6) is 0 Å². The second-order valence-corrected chi connectivity index (χ2v) is 3.44. The molecule has 13 heavy (non-hydrogen) atoms. The summed E-state index contributed by atoms with van der Waals surface area (Å²) < 4.78 is 0. The smallest absolute Gasteiger partial charge is 0.158 e. The number of hydrogen-bond acceptors (Lipinski definition) is 1. The molecule has 0 saturated heterocycles. The van der Waals surface area contributed by atoms with Gasteiger partial charge in [-0.1, -0.05) is 39.7 Å². The maximum absolute atomic E-state index is 11.6. The molecule has 0 bridgehead atoms. The van der Waals surface area contributed by atoms with E-state index in [0.717, 1.165) is 44.1 Å². The largest absolute Gasteiger partial charge is 0.295 e. The summed E-state index contributed by atoms with van der Waals surface area (Å²) in [6.45, 7) is 6.32. The van der Waals surface area contributed by atoms with Crippen LogP contribution in [0.1, 0.15) is 59.3 Å². The van der Waals surface area contributed by atoms with Crippen molar-refractivity contribution < 1.29 is 4.79 Å². The van der Waals surface area contributed by atoms with Crippen LogP contribution in [-0.4, -0.2) is 5.78 Å². The predicted molar refractivity (Wildman–Crippen MR) is 57.8 cm³/mol. The van der Waals surface area contributed by atoms with Crippen molar-refractivity contribution in [1.82, 2.24) is 0 Å². The molecule has 0 aromatic heterocycles. The lowest BCUT2D eigenvalue weighted by atomic mass is 10.0. The summed E-state index contributed by atoms with van der Waals surface area (Å²) in [6.07, 6.45) is 8.02. The Hall–Kier alpha value is -0.590. The molecule has 0 saturated carbocycles. The molecule has 0 unspecified atom stereocenters. The molecule has 0 fully saturated rings. The van der Waals surface area contributed by atoms with Crippen molar-refractivity contribution in [2.24, 2.45) is 0 Å². The highest BCUT2D eigenvalue weighted by Gasteiger charge is 2.05. The zero-order valence-electron chi connectivity index (χ0n) is 9.23. The van der Waals surface area contributed by atoms with Gasteiger partial charge in [-0.15, -0.1) is 0 Å². The third kappa shape index (κ3) is 5.62. The molecule has 0 radical (unpaired) electrons. The zero-order valence-corrected chi connectivity index (χ0v) is 9.23. The Morgan fingerprint density at radius 2 is 1.62 bits per heavy atom. The Labute approximate surface area is 82.2 Å². The summed E-state index contributed by atoms with van der Waals surface area (Å²) >= 11 is 0. The van der Waals surface area contributed by atoms with E-state index in [9.17, 15) is 4.79 Å². The van der Waals surface area contributed by atoms with E-state index in [1.807, 2.05) is 0 Å². The first-order chi connectivity index (χ1) is 6.26. The lowest BCUT2D eigenvalue weighted by Crippen LogP contribution is -2.01. The summed E-state index contributed by atoms with van der Waals surface area (Å²) in [6, 6.07) is 0. The number of ketones is 1. The van der Waals surface area contributed by atoms with Crippen LogP contribution < -0.4 is 0 Å². The number of allylic oxidation sites excluding steroid dienone is 2. The highest BCUT2D eigenvalue weighted by molar-refractivity contribution is 5.95. The molecule has 0 aliphatic rings. The zero-order chi connectivity index (χ0) is 10.1. The Morgan fingerprint density at radius 1 is 1.00 bits per heavy atom. The van der Waals surface area contributed by atoms with Gasteiger partial charge in [-0.3, -0.25) is 4.79 Å². The topological polar surface area (TPSA) is 17.1 Å². The molecule has 0 aliphatic heterocycles. The average Bonchev–Trinajstić information content (AvgIpc) is 2.12. The van der Waals surface area contributed by atoms with Crippen molar-refractivity contribution in [3.05, 3.63) is 11.6 Å². The van der Waals surface area contributed by atoms with Gasteiger partial charge in [0.15, 0.2) is 5.78 Å². The van der Waals surface area contributed by atoms with Gasteiger partial charge in [0.25, 0.3) is 0 Å². The Kier molecular flexibility index (Phi) is 7.66. The third-order valence-corrected chi connectivity index (χ3v) is 2.03. The molecule has 0 heterocycles. The summed E-state index contributed by atoms with van der Waals surface area (Å²) in [5, 5.41) is 0. The summed E-state index contributed by atoms with van der Waals surface area (Å²) in [7, 11) is 0. The molecule has 0 rings (SSSR count). The van der Waals surface area contributed by atoms with Crippen LogP contribution in [-0.2, 0) is 4.79 Å². The number of unbranched alkanes of at least 4 members (excludes halogenated alkanes) is 1. The van der Waals surface area contributed by atoms with Crippen molar-refractivity contribution >= 4 is 5.78 Å². The summed E-state index contributed by atoms with van der Waals surface area (Å²) in [4.78, 5) is 11.6. The van der Waals surface area contributed by atoms with E-state index in [1.165, 1.54) is 0 Å². The maximum Gasteiger partial charge on any atom is 0.158 e. The van der Waals surface area contributed by atoms with Gasteiger partial charge in [0.1, 0.15) is 0 Å². The van der Waals surface area contributed by atoms with Gasteiger partial charge in [-0.25, -0.2) is 0 Å². The van der Waals surface area contributed by atoms with Crippen LogP contribution in [0.15, 0.2) is 11.6 Å². The van der Waals surface area contributed by atoms with Crippen LogP contribution in [0.25, 0.3) is 0 Å². The second-order valence-electron chi connectivity index (χ2n) is 3.44. The maximum atomic E-state index is 11.6. The molecule has 76 valence electrons. The van der Waals surface area contributed by atoms with Crippen molar-refractivity contribution in [3.63, 3.8) is 0 Å². The minimum atomic E-state index is 0.359. The average molecular weight is 182 g/mol. The van der Waals surface area contributed by atoms with Crippen LogP contribution in [0.2, 0.25) is 0 Å². The lowest BCUT2D eigenvalue weighted by Gasteiger charge is -2.03. The van der Waals surface area contributed by atoms with E-state index in [1.54, 1.807) is 0 Å². The number of rotatable bonds is 7. The van der Waals surface area contributed by atoms with Crippen molar-refractivity contribution in [2.75, 3.05) is 0 Å². The van der Waals surface area contributed by atoms with E-state index >= 15 is 0 Å². The minimum Gasteiger partial charge on any atom is -0.295 e. The van der Waals surface area contributed by atoms with Gasteiger partial charge in [0, 0.05) is 6.42 Å². The summed E-state index contributed by atoms with van der Waals surface area (Å²) in [5.41, 5.74) is 1.06. The quantitative estimate of drug-likeness (QED) is 0.546. The van der Waals surface area contributed by atoms with E-state index in [0.29, 0.717) is 5.78 Å². The Morgan fingerprint density at radius 3 is 2.08 bits per heavy atom. The van der Waals surface area contributed by atoms with Crippen molar-refractivity contribution in [2.45, 2.75) is 59.3 Å². The molecule has 0 aromatic carbocycles. The molecule has 1 nitrogen and oxygen atoms in total. The summed E-state index contributed by atoms with van der Waals surface area (Å²) in [5.74, 6) is 0.359. The van der Waals surface area contributed by atoms with Gasteiger partial charge in [0.2, 0.25) is 0 Å². The molecule has 0 N–H and O–H groups in total. The fourth-order valence-corrected chi connectivity index (χ4v) is 1.33. The number of carbonyl (C=O) groups excluding carboxylic acids is 1. The molecule has 0 aromatic rings. The van der Waals surface area contributed by atoms with E-state index in [4.69, 9.17) is 0 Å². The van der Waals surface area contributed by atoms with E-state index in [2.05, 4.69) is 26.8 Å². The van der Waals surface area contributed by atoms with Gasteiger partial charge in [-0.05, 0) is 24.8 Å². The molecule has 0 amide bonds. The highest BCUT2D eigenvalue weighted by atomic mass is 16.1. The SMILES string of the molecule is CCC/C=C(\CCC)C(=O)CCC. The molecule has 1 heteroatoms. The van der Waals surface area contributed by atoms with Crippen LogP contribution in [0.4, 0.5) is 0 Å². The fraction of sp³-hybridized carbons (Fsp3) is 0.750. The van der Waals surface area contributed by atoms with Gasteiger partial charge >= 0.3 is 0 Å². The third-order valence-electron chi connectivity index (χ3n) is 2.03. The van der Waals surface area contributed by atoms with Gasteiger partial charge < -0.3 is 0 Å². The van der Waals surface area contributed by atoms with Crippen LogP contribution in [0.3, 0.4) is 0 Å². The molecule has 0 atom stereocenters. The molecule has 0 aliphatic carbocycles. The predicted octanol–water partition coefficient (Wildman–Crippen LogP) is 3.88. The highest BCUT2D eigenvalue weighted by Crippen LogP contribution is 2.11. The number of carbonyl (C=O) groups is 1. The van der Waals surface area contributed by atoms with Crippen LogP contribution in [0, 0.1) is 0 Å². The van der Waals surface area contributed by atoms with Crippen LogP contribution >= 0.6 is 0 Å².